The molecule has 0 saturated heterocycles. The second-order valence-corrected chi connectivity index (χ2v) is 4.87. The Hall–Kier alpha value is -1.27. The molecule has 0 aliphatic heterocycles. The van der Waals surface area contributed by atoms with Crippen molar-refractivity contribution in [2.45, 2.75) is 39.2 Å². The number of aromatic nitrogens is 2. The summed E-state index contributed by atoms with van der Waals surface area (Å²) >= 11 is 5.92. The summed E-state index contributed by atoms with van der Waals surface area (Å²) in [6.07, 6.45) is 5.40. The molecule has 4 heteroatoms. The molecule has 1 N–H and O–H groups in total. The predicted octanol–water partition coefficient (Wildman–Crippen LogP) is 3.08. The van der Waals surface area contributed by atoms with Gasteiger partial charge in [0.15, 0.2) is 0 Å². The highest BCUT2D eigenvalue weighted by atomic mass is 35.5. The van der Waals surface area contributed by atoms with Gasteiger partial charge in [-0.2, -0.15) is 0 Å². The van der Waals surface area contributed by atoms with E-state index in [9.17, 15) is 0 Å². The molecular formula is C12H16ClN3. The highest BCUT2D eigenvalue weighted by molar-refractivity contribution is 6.29. The lowest BCUT2D eigenvalue weighted by molar-refractivity contribution is 0.722. The molecule has 1 aromatic rings. The van der Waals surface area contributed by atoms with Crippen LogP contribution in [0.1, 0.15) is 39.4 Å². The van der Waals surface area contributed by atoms with Gasteiger partial charge in [-0.05, 0) is 13.8 Å². The number of rotatable bonds is 3. The summed E-state index contributed by atoms with van der Waals surface area (Å²) in [7, 11) is 0. The van der Waals surface area contributed by atoms with Crippen LogP contribution in [0.25, 0.3) is 0 Å². The molecule has 0 spiro atoms. The second kappa shape index (κ2) is 4.71. The van der Waals surface area contributed by atoms with Crippen LogP contribution in [-0.4, -0.2) is 15.5 Å². The topological polar surface area (TPSA) is 37.8 Å². The summed E-state index contributed by atoms with van der Waals surface area (Å²) in [5, 5.41) is 3.56. The third-order valence-corrected chi connectivity index (χ3v) is 2.22. The van der Waals surface area contributed by atoms with Crippen molar-refractivity contribution < 1.29 is 0 Å². The molecule has 0 aliphatic rings. The van der Waals surface area contributed by atoms with Gasteiger partial charge in [0.05, 0.1) is 5.54 Å². The molecule has 1 aromatic heterocycles. The van der Waals surface area contributed by atoms with E-state index in [4.69, 9.17) is 18.0 Å². The average molecular weight is 238 g/mol. The van der Waals surface area contributed by atoms with Gasteiger partial charge in [0.25, 0.3) is 0 Å². The Morgan fingerprint density at radius 3 is 2.56 bits per heavy atom. The maximum Gasteiger partial charge on any atom is 0.135 e. The molecule has 0 aromatic carbocycles. The highest BCUT2D eigenvalue weighted by Crippen LogP contribution is 2.19. The van der Waals surface area contributed by atoms with Crippen molar-refractivity contribution in [3.63, 3.8) is 0 Å². The van der Waals surface area contributed by atoms with Gasteiger partial charge >= 0.3 is 0 Å². The molecular weight excluding hydrogens is 222 g/mol. The van der Waals surface area contributed by atoms with Crippen molar-refractivity contribution in [3.8, 4) is 12.3 Å². The zero-order valence-electron chi connectivity index (χ0n) is 10.0. The molecule has 0 fully saturated rings. The lowest BCUT2D eigenvalue weighted by atomic mass is 10.1. The van der Waals surface area contributed by atoms with Gasteiger partial charge in [-0.25, -0.2) is 9.97 Å². The van der Waals surface area contributed by atoms with E-state index in [1.807, 2.05) is 27.7 Å². The van der Waals surface area contributed by atoms with Gasteiger partial charge < -0.3 is 5.32 Å². The van der Waals surface area contributed by atoms with Crippen LogP contribution in [0.4, 0.5) is 5.82 Å². The number of terminal acetylenes is 1. The van der Waals surface area contributed by atoms with Gasteiger partial charge in [-0.3, -0.25) is 0 Å². The lowest BCUT2D eigenvalue weighted by Gasteiger charge is -2.20. The number of nitrogens with zero attached hydrogens (tertiary/aromatic N) is 2. The fourth-order valence-corrected chi connectivity index (χ4v) is 1.30. The number of nitrogens with one attached hydrogen (secondary N) is 1. The van der Waals surface area contributed by atoms with Crippen LogP contribution < -0.4 is 5.32 Å². The standard InChI is InChI=1S/C12H16ClN3/c1-6-12(4,5)16-10-7-9(13)14-11(15-10)8(2)3/h1,7-8H,2-5H3,(H,14,15,16). The first-order chi connectivity index (χ1) is 7.34. The van der Waals surface area contributed by atoms with Crippen molar-refractivity contribution in [3.05, 3.63) is 17.0 Å². The van der Waals surface area contributed by atoms with Gasteiger partial charge in [-0.15, -0.1) is 6.42 Å². The van der Waals surface area contributed by atoms with E-state index in [1.54, 1.807) is 6.07 Å². The normalized spacial score (nSPS) is 11.3. The van der Waals surface area contributed by atoms with Crippen LogP contribution in [0.2, 0.25) is 5.15 Å². The molecule has 0 aliphatic carbocycles. The summed E-state index contributed by atoms with van der Waals surface area (Å²) in [6, 6.07) is 1.67. The molecule has 1 rings (SSSR count). The number of hydrogen-bond donors (Lipinski definition) is 1. The SMILES string of the molecule is C#CC(C)(C)Nc1cc(Cl)nc(C(C)C)n1. The Balaban J connectivity index is 3.03. The maximum atomic E-state index is 5.92. The van der Waals surface area contributed by atoms with Crippen molar-refractivity contribution in [1.29, 1.82) is 0 Å². The largest absolute Gasteiger partial charge is 0.354 e. The third-order valence-electron chi connectivity index (χ3n) is 2.03. The van der Waals surface area contributed by atoms with Crippen LogP contribution in [0, 0.1) is 12.3 Å². The molecule has 0 radical (unpaired) electrons. The van der Waals surface area contributed by atoms with Gasteiger partial charge in [0.2, 0.25) is 0 Å². The molecule has 0 saturated carbocycles. The Morgan fingerprint density at radius 2 is 2.06 bits per heavy atom. The minimum absolute atomic E-state index is 0.230. The number of hydrogen-bond acceptors (Lipinski definition) is 3. The average Bonchev–Trinajstić information content (AvgIpc) is 2.16. The summed E-state index contributed by atoms with van der Waals surface area (Å²) in [5.74, 6) is 4.24. The van der Waals surface area contributed by atoms with E-state index < -0.39 is 5.54 Å². The van der Waals surface area contributed by atoms with Crippen LogP contribution in [0.15, 0.2) is 6.07 Å². The van der Waals surface area contributed by atoms with Crippen molar-refractivity contribution in [2.24, 2.45) is 0 Å². The monoisotopic (exact) mass is 237 g/mol. The molecule has 16 heavy (non-hydrogen) atoms. The molecule has 0 amide bonds. The van der Waals surface area contributed by atoms with E-state index in [2.05, 4.69) is 21.2 Å². The van der Waals surface area contributed by atoms with Gasteiger partial charge in [0.1, 0.15) is 16.8 Å². The van der Waals surface area contributed by atoms with Crippen molar-refractivity contribution >= 4 is 17.4 Å². The van der Waals surface area contributed by atoms with Gasteiger partial charge in [-0.1, -0.05) is 31.4 Å². The van der Waals surface area contributed by atoms with E-state index in [0.29, 0.717) is 16.8 Å². The lowest BCUT2D eigenvalue weighted by Crippen LogP contribution is -2.29. The third kappa shape index (κ3) is 3.39. The van der Waals surface area contributed by atoms with Crippen molar-refractivity contribution in [1.82, 2.24) is 9.97 Å². The molecule has 0 bridgehead atoms. The van der Waals surface area contributed by atoms with Crippen molar-refractivity contribution in [2.75, 3.05) is 5.32 Å². The van der Waals surface area contributed by atoms with Crippen LogP contribution >= 0.6 is 11.6 Å². The fourth-order valence-electron chi connectivity index (χ4n) is 1.11. The van der Waals surface area contributed by atoms with Crippen LogP contribution in [0.3, 0.4) is 0 Å². The maximum absolute atomic E-state index is 5.92. The summed E-state index contributed by atoms with van der Waals surface area (Å²) in [4.78, 5) is 8.52. The minimum Gasteiger partial charge on any atom is -0.354 e. The summed E-state index contributed by atoms with van der Waals surface area (Å²) < 4.78 is 0. The van der Waals surface area contributed by atoms with Gasteiger partial charge in [0, 0.05) is 12.0 Å². The fraction of sp³-hybridized carbons (Fsp3) is 0.500. The molecule has 1 heterocycles. The summed E-state index contributed by atoms with van der Waals surface area (Å²) in [5.41, 5.74) is -0.452. The zero-order chi connectivity index (χ0) is 12.3. The first kappa shape index (κ1) is 12.8. The highest BCUT2D eigenvalue weighted by Gasteiger charge is 2.15. The Labute approximate surface area is 102 Å². The first-order valence-electron chi connectivity index (χ1n) is 5.14. The number of halogens is 1. The predicted molar refractivity (Wildman–Crippen MR) is 67.7 cm³/mol. The second-order valence-electron chi connectivity index (χ2n) is 4.48. The van der Waals surface area contributed by atoms with E-state index in [-0.39, 0.29) is 5.92 Å². The Kier molecular flexibility index (Phi) is 3.77. The molecule has 0 unspecified atom stereocenters. The molecule has 86 valence electrons. The smallest absolute Gasteiger partial charge is 0.135 e. The van der Waals surface area contributed by atoms with Crippen LogP contribution in [0.5, 0.6) is 0 Å². The van der Waals surface area contributed by atoms with E-state index in [1.165, 1.54) is 0 Å². The quantitative estimate of drug-likeness (QED) is 0.649. The van der Waals surface area contributed by atoms with E-state index >= 15 is 0 Å². The minimum atomic E-state index is -0.452. The zero-order valence-corrected chi connectivity index (χ0v) is 10.8. The number of anilines is 1. The van der Waals surface area contributed by atoms with E-state index in [0.717, 1.165) is 0 Å². The van der Waals surface area contributed by atoms with Crippen LogP contribution in [-0.2, 0) is 0 Å². The summed E-state index contributed by atoms with van der Waals surface area (Å²) in [6.45, 7) is 7.83. The Bertz CT molecular complexity index is 419. The molecule has 0 atom stereocenters. The Morgan fingerprint density at radius 1 is 1.44 bits per heavy atom. The molecule has 3 nitrogen and oxygen atoms in total. The first-order valence-corrected chi connectivity index (χ1v) is 5.52.